The maximum Gasteiger partial charge on any atom is 0.262 e. The van der Waals surface area contributed by atoms with Crippen LogP contribution in [-0.4, -0.2) is 42.8 Å². The summed E-state index contributed by atoms with van der Waals surface area (Å²) in [6.45, 7) is 7.99. The van der Waals surface area contributed by atoms with E-state index in [2.05, 4.69) is 47.4 Å². The highest BCUT2D eigenvalue weighted by Gasteiger charge is 2.24. The van der Waals surface area contributed by atoms with E-state index in [9.17, 15) is 4.79 Å². The van der Waals surface area contributed by atoms with E-state index in [1.165, 1.54) is 0 Å². The summed E-state index contributed by atoms with van der Waals surface area (Å²) in [6, 6.07) is 7.71. The van der Waals surface area contributed by atoms with E-state index in [0.29, 0.717) is 11.4 Å². The Kier molecular flexibility index (Phi) is 4.61. The topological polar surface area (TPSA) is 75.7 Å². The van der Waals surface area contributed by atoms with Crippen LogP contribution in [0.4, 0.5) is 22.9 Å². The van der Waals surface area contributed by atoms with Crippen LogP contribution in [0.5, 0.6) is 5.75 Å². The van der Waals surface area contributed by atoms with E-state index in [1.807, 2.05) is 24.4 Å². The van der Waals surface area contributed by atoms with Crippen molar-refractivity contribution in [2.75, 3.05) is 35.2 Å². The minimum Gasteiger partial charge on any atom is -0.482 e. The van der Waals surface area contributed by atoms with Gasteiger partial charge in [0.2, 0.25) is 0 Å². The molecule has 0 aliphatic carbocycles. The third-order valence-corrected chi connectivity index (χ3v) is 4.67. The molecule has 1 fully saturated rings. The fraction of sp³-hybridized carbons (Fsp3) is 0.400. The van der Waals surface area contributed by atoms with Crippen molar-refractivity contribution in [2.24, 2.45) is 0 Å². The highest BCUT2D eigenvalue weighted by molar-refractivity contribution is 5.95. The Bertz CT molecular complexity index is 860. The van der Waals surface area contributed by atoms with Crippen LogP contribution in [0.25, 0.3) is 0 Å². The van der Waals surface area contributed by atoms with Crippen LogP contribution in [0.15, 0.2) is 30.5 Å². The van der Waals surface area contributed by atoms with Crippen LogP contribution >= 0.6 is 0 Å². The smallest absolute Gasteiger partial charge is 0.262 e. The minimum atomic E-state index is -0.134. The number of amides is 1. The van der Waals surface area contributed by atoms with Gasteiger partial charge in [0.15, 0.2) is 6.61 Å². The largest absolute Gasteiger partial charge is 0.482 e. The zero-order chi connectivity index (χ0) is 19.0. The first-order chi connectivity index (χ1) is 13.0. The number of aromatic nitrogens is 1. The van der Waals surface area contributed by atoms with Crippen molar-refractivity contribution in [1.29, 1.82) is 0 Å². The molecule has 1 amide bonds. The number of aryl methyl sites for hydroxylation is 1. The summed E-state index contributed by atoms with van der Waals surface area (Å²) >= 11 is 0. The van der Waals surface area contributed by atoms with Crippen molar-refractivity contribution in [3.63, 3.8) is 0 Å². The van der Waals surface area contributed by atoms with E-state index < -0.39 is 0 Å². The van der Waals surface area contributed by atoms with Gasteiger partial charge >= 0.3 is 0 Å². The van der Waals surface area contributed by atoms with E-state index in [4.69, 9.17) is 9.47 Å². The summed E-state index contributed by atoms with van der Waals surface area (Å²) in [5.41, 5.74) is 3.60. The van der Waals surface area contributed by atoms with E-state index in [-0.39, 0.29) is 24.7 Å². The van der Waals surface area contributed by atoms with Gasteiger partial charge in [0.25, 0.3) is 5.91 Å². The summed E-state index contributed by atoms with van der Waals surface area (Å²) < 4.78 is 11.3. The summed E-state index contributed by atoms with van der Waals surface area (Å²) in [4.78, 5) is 18.3. The fourth-order valence-electron chi connectivity index (χ4n) is 3.64. The van der Waals surface area contributed by atoms with Crippen LogP contribution in [0.1, 0.15) is 19.4 Å². The molecule has 7 nitrogen and oxygen atoms in total. The number of hydrogen-bond donors (Lipinski definition) is 2. The van der Waals surface area contributed by atoms with Crippen LogP contribution in [0, 0.1) is 6.92 Å². The lowest BCUT2D eigenvalue weighted by Gasteiger charge is -2.36. The third kappa shape index (κ3) is 3.83. The molecular formula is C20H24N4O3. The molecule has 1 saturated heterocycles. The molecular weight excluding hydrogens is 344 g/mol. The number of nitrogens with one attached hydrogen (secondary N) is 2. The number of anilines is 4. The lowest BCUT2D eigenvalue weighted by molar-refractivity contribution is -0.118. The molecule has 2 N–H and O–H groups in total. The lowest BCUT2D eigenvalue weighted by Crippen LogP contribution is -2.46. The molecule has 27 heavy (non-hydrogen) atoms. The number of morpholine rings is 1. The SMILES string of the molecule is Cc1cc(Nc2ccc3c(c2)OCC(=O)N3)cnc1N1C[C@@H](C)O[C@@H](C)C1. The number of rotatable bonds is 3. The summed E-state index contributed by atoms with van der Waals surface area (Å²) in [6.07, 6.45) is 2.24. The first-order valence-electron chi connectivity index (χ1n) is 9.19. The number of ether oxygens (including phenoxy) is 2. The molecule has 0 radical (unpaired) electrons. The van der Waals surface area contributed by atoms with Crippen molar-refractivity contribution in [2.45, 2.75) is 33.0 Å². The second-order valence-electron chi connectivity index (χ2n) is 7.20. The molecule has 0 unspecified atom stereocenters. The maximum atomic E-state index is 11.4. The quantitative estimate of drug-likeness (QED) is 0.867. The Morgan fingerprint density at radius 2 is 1.96 bits per heavy atom. The number of carbonyl (C=O) groups excluding carboxylic acids is 1. The van der Waals surface area contributed by atoms with Crippen LogP contribution in [0.3, 0.4) is 0 Å². The lowest BCUT2D eigenvalue weighted by atomic mass is 10.2. The Morgan fingerprint density at radius 1 is 1.19 bits per heavy atom. The molecule has 2 aromatic rings. The second kappa shape index (κ2) is 7.08. The Hall–Kier alpha value is -2.80. The predicted molar refractivity (Wildman–Crippen MR) is 105 cm³/mol. The number of nitrogens with zero attached hydrogens (tertiary/aromatic N) is 2. The molecule has 3 heterocycles. The zero-order valence-electron chi connectivity index (χ0n) is 15.8. The number of hydrogen-bond acceptors (Lipinski definition) is 6. The molecule has 142 valence electrons. The standard InChI is InChI=1S/C20H24N4O3/c1-12-6-16(8-21-20(12)24-9-13(2)27-14(3)10-24)22-15-4-5-17-18(7-15)26-11-19(25)23-17/h4-8,13-14,22H,9-11H2,1-3H3,(H,23,25)/t13-,14+. The number of pyridine rings is 1. The second-order valence-corrected chi connectivity index (χ2v) is 7.20. The highest BCUT2D eigenvalue weighted by Crippen LogP contribution is 2.32. The van der Waals surface area contributed by atoms with Gasteiger partial charge in [-0.1, -0.05) is 0 Å². The van der Waals surface area contributed by atoms with Crippen molar-refractivity contribution < 1.29 is 14.3 Å². The number of fused-ring (bicyclic) bond motifs is 1. The molecule has 0 saturated carbocycles. The van der Waals surface area contributed by atoms with E-state index in [1.54, 1.807) is 0 Å². The van der Waals surface area contributed by atoms with Gasteiger partial charge in [-0.2, -0.15) is 0 Å². The van der Waals surface area contributed by atoms with Crippen LogP contribution < -0.4 is 20.3 Å². The first-order valence-corrected chi connectivity index (χ1v) is 9.19. The third-order valence-electron chi connectivity index (χ3n) is 4.67. The first kappa shape index (κ1) is 17.6. The molecule has 1 aromatic carbocycles. The van der Waals surface area contributed by atoms with Crippen molar-refractivity contribution >= 4 is 28.8 Å². The fourth-order valence-corrected chi connectivity index (χ4v) is 3.64. The van der Waals surface area contributed by atoms with Gasteiger partial charge in [-0.15, -0.1) is 0 Å². The predicted octanol–water partition coefficient (Wildman–Crippen LogP) is 3.08. The van der Waals surface area contributed by atoms with Crippen molar-refractivity contribution in [1.82, 2.24) is 4.98 Å². The van der Waals surface area contributed by atoms with Gasteiger partial charge in [-0.05, 0) is 44.5 Å². The van der Waals surface area contributed by atoms with Gasteiger partial charge < -0.3 is 25.0 Å². The minimum absolute atomic E-state index is 0.0439. The van der Waals surface area contributed by atoms with Gasteiger partial charge in [0.05, 0.1) is 29.8 Å². The molecule has 7 heteroatoms. The number of benzene rings is 1. The van der Waals surface area contributed by atoms with Crippen LogP contribution in [-0.2, 0) is 9.53 Å². The molecule has 0 bridgehead atoms. The Morgan fingerprint density at radius 3 is 2.70 bits per heavy atom. The Balaban J connectivity index is 1.51. The van der Waals surface area contributed by atoms with Crippen molar-refractivity contribution in [3.8, 4) is 5.75 Å². The zero-order valence-corrected chi connectivity index (χ0v) is 15.8. The molecule has 1 aromatic heterocycles. The molecule has 0 spiro atoms. The van der Waals surface area contributed by atoms with Gasteiger partial charge in [0, 0.05) is 24.8 Å². The average Bonchev–Trinajstić information content (AvgIpc) is 2.61. The number of carbonyl (C=O) groups is 1. The molecule has 2 aliphatic rings. The van der Waals surface area contributed by atoms with Gasteiger partial charge in [-0.3, -0.25) is 4.79 Å². The summed E-state index contributed by atoms with van der Waals surface area (Å²) in [5, 5.41) is 6.15. The normalized spacial score (nSPS) is 21.9. The summed E-state index contributed by atoms with van der Waals surface area (Å²) in [5.74, 6) is 1.53. The maximum absolute atomic E-state index is 11.4. The van der Waals surface area contributed by atoms with E-state index >= 15 is 0 Å². The Labute approximate surface area is 158 Å². The molecule has 2 atom stereocenters. The molecule has 2 aliphatic heterocycles. The highest BCUT2D eigenvalue weighted by atomic mass is 16.5. The van der Waals surface area contributed by atoms with Crippen LogP contribution in [0.2, 0.25) is 0 Å². The average molecular weight is 368 g/mol. The molecule has 4 rings (SSSR count). The van der Waals surface area contributed by atoms with E-state index in [0.717, 1.165) is 35.8 Å². The summed E-state index contributed by atoms with van der Waals surface area (Å²) in [7, 11) is 0. The van der Waals surface area contributed by atoms with Gasteiger partial charge in [0.1, 0.15) is 11.6 Å². The monoisotopic (exact) mass is 368 g/mol. The van der Waals surface area contributed by atoms with Crippen molar-refractivity contribution in [3.05, 3.63) is 36.0 Å². The van der Waals surface area contributed by atoms with Gasteiger partial charge in [-0.25, -0.2) is 4.98 Å².